The van der Waals surface area contributed by atoms with Gasteiger partial charge in [-0.3, -0.25) is 9.32 Å². The van der Waals surface area contributed by atoms with E-state index in [2.05, 4.69) is 9.84 Å². The fraction of sp³-hybridized carbons (Fsp3) is 0.462. The van der Waals surface area contributed by atoms with Crippen LogP contribution in [0.2, 0.25) is 0 Å². The van der Waals surface area contributed by atoms with E-state index in [1.165, 1.54) is 0 Å². The van der Waals surface area contributed by atoms with Crippen molar-refractivity contribution in [1.29, 1.82) is 0 Å². The number of anilines is 1. The Bertz CT molecular complexity index is 445. The molecule has 1 aromatic rings. The summed E-state index contributed by atoms with van der Waals surface area (Å²) in [5.41, 5.74) is 0.785. The van der Waals surface area contributed by atoms with Gasteiger partial charge < -0.3 is 15.1 Å². The molecule has 0 radical (unpaired) electrons. The van der Waals surface area contributed by atoms with Crippen molar-refractivity contribution in [3.8, 4) is 0 Å². The first-order chi connectivity index (χ1) is 9.47. The van der Waals surface area contributed by atoms with Gasteiger partial charge in [0.15, 0.2) is 0 Å². The molecule has 0 bridgehead atoms. The van der Waals surface area contributed by atoms with Crippen LogP contribution in [-0.2, 0) is 13.9 Å². The zero-order valence-electron chi connectivity index (χ0n) is 11.2. The first-order valence-electron chi connectivity index (χ1n) is 6.52. The normalized spacial score (nSPS) is 11.3. The lowest BCUT2D eigenvalue weighted by Gasteiger charge is -2.06. The second-order valence-electron chi connectivity index (χ2n) is 4.40. The fourth-order valence-electron chi connectivity index (χ4n) is 1.67. The highest BCUT2D eigenvalue weighted by molar-refractivity contribution is 7.46. The zero-order valence-corrected chi connectivity index (χ0v) is 12.1. The maximum Gasteiger partial charge on any atom is 0.469 e. The second kappa shape index (κ2) is 8.87. The van der Waals surface area contributed by atoms with Gasteiger partial charge >= 0.3 is 7.82 Å². The number of unbranched alkanes of at least 4 members (excludes halogenated alkanes) is 3. The van der Waals surface area contributed by atoms with Crippen LogP contribution in [0.4, 0.5) is 5.69 Å². The van der Waals surface area contributed by atoms with E-state index >= 15 is 0 Å². The Morgan fingerprint density at radius 2 is 1.75 bits per heavy atom. The molecule has 7 heteroatoms. The van der Waals surface area contributed by atoms with Crippen molar-refractivity contribution < 1.29 is 23.7 Å². The van der Waals surface area contributed by atoms with Crippen LogP contribution in [0.25, 0.3) is 0 Å². The van der Waals surface area contributed by atoms with Crippen molar-refractivity contribution in [2.45, 2.75) is 32.1 Å². The molecular weight excluding hydrogens is 281 g/mol. The molecule has 0 spiro atoms. The molecule has 0 heterocycles. The third-order valence-electron chi connectivity index (χ3n) is 2.62. The van der Waals surface area contributed by atoms with Crippen LogP contribution in [0, 0.1) is 0 Å². The van der Waals surface area contributed by atoms with E-state index < -0.39 is 7.82 Å². The Kier molecular flexibility index (Phi) is 7.47. The molecular formula is C13H20NO5P. The van der Waals surface area contributed by atoms with E-state index in [1.807, 2.05) is 30.3 Å². The molecule has 0 aliphatic carbocycles. The van der Waals surface area contributed by atoms with Gasteiger partial charge in [-0.2, -0.15) is 0 Å². The SMILES string of the molecule is O=C(CCCCCCOP(=O)(O)O)Nc1ccccc1. The van der Waals surface area contributed by atoms with Crippen LogP contribution in [0.1, 0.15) is 32.1 Å². The van der Waals surface area contributed by atoms with Crippen LogP contribution in [0.5, 0.6) is 0 Å². The summed E-state index contributed by atoms with van der Waals surface area (Å²) in [4.78, 5) is 28.5. The van der Waals surface area contributed by atoms with E-state index in [0.717, 1.165) is 24.9 Å². The summed E-state index contributed by atoms with van der Waals surface area (Å²) < 4.78 is 14.7. The van der Waals surface area contributed by atoms with E-state index in [0.29, 0.717) is 12.8 Å². The third-order valence-corrected chi connectivity index (χ3v) is 3.13. The summed E-state index contributed by atoms with van der Waals surface area (Å²) in [5, 5.41) is 2.80. The van der Waals surface area contributed by atoms with Crippen molar-refractivity contribution >= 4 is 19.4 Å². The smallest absolute Gasteiger partial charge is 0.326 e. The number of carbonyl (C=O) groups is 1. The molecule has 1 aromatic carbocycles. The number of rotatable bonds is 9. The lowest BCUT2D eigenvalue weighted by Crippen LogP contribution is -2.10. The van der Waals surface area contributed by atoms with Crippen LogP contribution in [0.3, 0.4) is 0 Å². The maximum absolute atomic E-state index is 11.6. The number of hydrogen-bond donors (Lipinski definition) is 3. The van der Waals surface area contributed by atoms with Crippen molar-refractivity contribution in [2.24, 2.45) is 0 Å². The summed E-state index contributed by atoms with van der Waals surface area (Å²) in [5.74, 6) is -0.0253. The minimum atomic E-state index is -4.34. The molecule has 6 nitrogen and oxygen atoms in total. The van der Waals surface area contributed by atoms with E-state index in [4.69, 9.17) is 9.79 Å². The highest BCUT2D eigenvalue weighted by Crippen LogP contribution is 2.35. The molecule has 112 valence electrons. The lowest BCUT2D eigenvalue weighted by atomic mass is 10.1. The van der Waals surface area contributed by atoms with Gasteiger partial charge in [0.1, 0.15) is 0 Å². The number of amides is 1. The number of phosphoric acid groups is 1. The average Bonchev–Trinajstić information content (AvgIpc) is 2.37. The van der Waals surface area contributed by atoms with Gasteiger partial charge in [-0.05, 0) is 25.0 Å². The highest BCUT2D eigenvalue weighted by atomic mass is 31.2. The monoisotopic (exact) mass is 301 g/mol. The summed E-state index contributed by atoms with van der Waals surface area (Å²) in [6.07, 6.45) is 3.36. The number of nitrogens with one attached hydrogen (secondary N) is 1. The van der Waals surface area contributed by atoms with Crippen molar-refractivity contribution in [3.63, 3.8) is 0 Å². The first-order valence-corrected chi connectivity index (χ1v) is 8.05. The number of carbonyl (C=O) groups excluding carboxylic acids is 1. The van der Waals surface area contributed by atoms with Crippen LogP contribution in [0.15, 0.2) is 30.3 Å². The Labute approximate surface area is 118 Å². The van der Waals surface area contributed by atoms with Crippen LogP contribution >= 0.6 is 7.82 Å². The number of phosphoric ester groups is 1. The molecule has 3 N–H and O–H groups in total. The zero-order chi connectivity index (χ0) is 14.8. The van der Waals surface area contributed by atoms with Crippen molar-refractivity contribution in [2.75, 3.05) is 11.9 Å². The average molecular weight is 301 g/mol. The highest BCUT2D eigenvalue weighted by Gasteiger charge is 2.12. The topological polar surface area (TPSA) is 95.9 Å². The van der Waals surface area contributed by atoms with Gasteiger partial charge in [-0.15, -0.1) is 0 Å². The second-order valence-corrected chi connectivity index (χ2v) is 5.64. The molecule has 20 heavy (non-hydrogen) atoms. The summed E-state index contributed by atoms with van der Waals surface area (Å²) >= 11 is 0. The van der Waals surface area contributed by atoms with Gasteiger partial charge in [0.2, 0.25) is 5.91 Å². The minimum absolute atomic E-state index is 0.0253. The van der Waals surface area contributed by atoms with Crippen LogP contribution < -0.4 is 5.32 Å². The van der Waals surface area contributed by atoms with Crippen molar-refractivity contribution in [1.82, 2.24) is 0 Å². The Morgan fingerprint density at radius 3 is 2.40 bits per heavy atom. The summed E-state index contributed by atoms with van der Waals surface area (Å²) in [6.45, 7) is 0.0422. The van der Waals surface area contributed by atoms with E-state index in [-0.39, 0.29) is 12.5 Å². The molecule has 1 amide bonds. The summed E-state index contributed by atoms with van der Waals surface area (Å²) in [6, 6.07) is 9.26. The fourth-order valence-corrected chi connectivity index (χ4v) is 2.04. The number of hydrogen-bond acceptors (Lipinski definition) is 3. The predicted molar refractivity (Wildman–Crippen MR) is 76.2 cm³/mol. The number of benzene rings is 1. The maximum atomic E-state index is 11.6. The Balaban J connectivity index is 2.01. The molecule has 0 fully saturated rings. The summed E-state index contributed by atoms with van der Waals surface area (Å²) in [7, 11) is -4.34. The minimum Gasteiger partial charge on any atom is -0.326 e. The molecule has 0 aromatic heterocycles. The molecule has 1 rings (SSSR count). The third kappa shape index (κ3) is 8.82. The molecule has 0 atom stereocenters. The van der Waals surface area contributed by atoms with E-state index in [1.54, 1.807) is 0 Å². The Morgan fingerprint density at radius 1 is 1.10 bits per heavy atom. The first kappa shape index (κ1) is 16.9. The number of para-hydroxylation sites is 1. The van der Waals surface area contributed by atoms with Gasteiger partial charge in [-0.1, -0.05) is 31.0 Å². The predicted octanol–water partition coefficient (Wildman–Crippen LogP) is 2.68. The quantitative estimate of drug-likeness (QED) is 0.481. The molecule has 0 aliphatic heterocycles. The van der Waals surface area contributed by atoms with E-state index in [9.17, 15) is 9.36 Å². The standard InChI is InChI=1S/C13H20NO5P/c15-13(14-12-8-4-3-5-9-12)10-6-1-2-7-11-19-20(16,17)18/h3-5,8-9H,1-2,6-7,10-11H2,(H,14,15)(H2,16,17,18). The van der Waals surface area contributed by atoms with Gasteiger partial charge in [0, 0.05) is 12.1 Å². The largest absolute Gasteiger partial charge is 0.469 e. The molecule has 0 aliphatic rings. The molecule has 0 saturated heterocycles. The molecule has 0 unspecified atom stereocenters. The van der Waals surface area contributed by atoms with Gasteiger partial charge in [0.25, 0.3) is 0 Å². The lowest BCUT2D eigenvalue weighted by molar-refractivity contribution is -0.116. The van der Waals surface area contributed by atoms with Gasteiger partial charge in [0.05, 0.1) is 6.61 Å². The molecule has 0 saturated carbocycles. The van der Waals surface area contributed by atoms with Crippen LogP contribution in [-0.4, -0.2) is 22.3 Å². The van der Waals surface area contributed by atoms with Crippen molar-refractivity contribution in [3.05, 3.63) is 30.3 Å². The Hall–Kier alpha value is -1.20. The van der Waals surface area contributed by atoms with Gasteiger partial charge in [-0.25, -0.2) is 4.57 Å².